The summed E-state index contributed by atoms with van der Waals surface area (Å²) in [4.78, 5) is 4.82. The predicted molar refractivity (Wildman–Crippen MR) is 63.3 cm³/mol. The van der Waals surface area contributed by atoms with Crippen molar-refractivity contribution >= 4 is 0 Å². The van der Waals surface area contributed by atoms with Crippen LogP contribution in [-0.4, -0.2) is 28.9 Å². The number of rotatable bonds is 2. The van der Waals surface area contributed by atoms with E-state index < -0.39 is 23.8 Å². The minimum atomic E-state index is -4.55. The van der Waals surface area contributed by atoms with Crippen LogP contribution in [0.2, 0.25) is 0 Å². The van der Waals surface area contributed by atoms with E-state index in [1.807, 2.05) is 6.07 Å². The zero-order chi connectivity index (χ0) is 15.7. The Morgan fingerprint density at radius 3 is 2.29 bits per heavy atom. The van der Waals surface area contributed by atoms with E-state index in [0.717, 1.165) is 18.3 Å². The molecule has 0 radical (unpaired) electrons. The Bertz CT molecular complexity index is 522. The molecule has 0 N–H and O–H groups in total. The van der Waals surface area contributed by atoms with Crippen molar-refractivity contribution in [3.63, 3.8) is 0 Å². The molecular weight excluding hydrogens is 293 g/mol. The smallest absolute Gasteiger partial charge is 0.284 e. The minimum absolute atomic E-state index is 0.0201. The molecule has 8 heteroatoms. The van der Waals surface area contributed by atoms with Gasteiger partial charge in [0.05, 0.1) is 6.07 Å². The van der Waals surface area contributed by atoms with Gasteiger partial charge in [-0.1, -0.05) is 6.07 Å². The zero-order valence-corrected chi connectivity index (χ0v) is 10.9. The van der Waals surface area contributed by atoms with E-state index in [1.165, 1.54) is 4.90 Å². The first-order chi connectivity index (χ1) is 9.73. The van der Waals surface area contributed by atoms with Crippen LogP contribution in [-0.2, 0) is 6.18 Å². The Morgan fingerprint density at radius 1 is 1.24 bits per heavy atom. The number of halogens is 5. The standard InChI is InChI=1S/C13H12F5N3/c14-12(15)3-5-21(6-4-12)10(7-19)9-1-2-11(20-8-9)13(16,17)18/h1-2,8,10H,3-6H2. The van der Waals surface area contributed by atoms with Gasteiger partial charge in [-0.3, -0.25) is 9.88 Å². The van der Waals surface area contributed by atoms with Crippen LogP contribution in [0.5, 0.6) is 0 Å². The average molecular weight is 305 g/mol. The quantitative estimate of drug-likeness (QED) is 0.786. The lowest BCUT2D eigenvalue weighted by Gasteiger charge is -2.34. The SMILES string of the molecule is N#CC(c1ccc(C(F)(F)F)nc1)N1CCC(F)(F)CC1. The Morgan fingerprint density at radius 2 is 1.86 bits per heavy atom. The molecule has 0 aliphatic carbocycles. The molecule has 114 valence electrons. The molecule has 2 heterocycles. The highest BCUT2D eigenvalue weighted by Crippen LogP contribution is 2.33. The Balaban J connectivity index is 2.14. The van der Waals surface area contributed by atoms with Crippen molar-refractivity contribution in [2.75, 3.05) is 13.1 Å². The number of alkyl halides is 5. The zero-order valence-electron chi connectivity index (χ0n) is 10.9. The van der Waals surface area contributed by atoms with E-state index in [-0.39, 0.29) is 31.5 Å². The van der Waals surface area contributed by atoms with E-state index >= 15 is 0 Å². The first-order valence-electron chi connectivity index (χ1n) is 6.27. The maximum atomic E-state index is 13.1. The second-order valence-corrected chi connectivity index (χ2v) is 4.90. The first kappa shape index (κ1) is 15.6. The van der Waals surface area contributed by atoms with Crippen molar-refractivity contribution in [3.05, 3.63) is 29.6 Å². The van der Waals surface area contributed by atoms with Gasteiger partial charge in [0.2, 0.25) is 0 Å². The molecule has 1 aromatic heterocycles. The number of nitriles is 1. The molecule has 3 nitrogen and oxygen atoms in total. The molecule has 1 atom stereocenters. The molecule has 21 heavy (non-hydrogen) atoms. The average Bonchev–Trinajstić information content (AvgIpc) is 2.41. The summed E-state index contributed by atoms with van der Waals surface area (Å²) in [5.74, 6) is -2.74. The summed E-state index contributed by atoms with van der Waals surface area (Å²) in [6.07, 6.45) is -4.30. The summed E-state index contributed by atoms with van der Waals surface area (Å²) in [5, 5.41) is 9.16. The molecule has 1 fully saturated rings. The lowest BCUT2D eigenvalue weighted by molar-refractivity contribution is -0.141. The van der Waals surface area contributed by atoms with E-state index in [2.05, 4.69) is 4.98 Å². The van der Waals surface area contributed by atoms with Crippen molar-refractivity contribution in [1.29, 1.82) is 5.26 Å². The van der Waals surface area contributed by atoms with Gasteiger partial charge in [-0.15, -0.1) is 0 Å². The van der Waals surface area contributed by atoms with Gasteiger partial charge >= 0.3 is 6.18 Å². The highest BCUT2D eigenvalue weighted by molar-refractivity contribution is 5.24. The molecular formula is C13H12F5N3. The van der Waals surface area contributed by atoms with Crippen LogP contribution >= 0.6 is 0 Å². The van der Waals surface area contributed by atoms with E-state index in [0.29, 0.717) is 0 Å². The van der Waals surface area contributed by atoms with Gasteiger partial charge in [0.25, 0.3) is 5.92 Å². The molecule has 0 bridgehead atoms. The van der Waals surface area contributed by atoms with Gasteiger partial charge in [-0.2, -0.15) is 18.4 Å². The van der Waals surface area contributed by atoms with Gasteiger partial charge in [-0.25, -0.2) is 8.78 Å². The number of piperidine rings is 1. The van der Waals surface area contributed by atoms with Gasteiger partial charge < -0.3 is 0 Å². The molecule has 1 aromatic rings. The summed E-state index contributed by atoms with van der Waals surface area (Å²) in [6, 6.07) is 3.02. The van der Waals surface area contributed by atoms with E-state index in [4.69, 9.17) is 5.26 Å². The summed E-state index contributed by atoms with van der Waals surface area (Å²) in [7, 11) is 0. The number of likely N-dealkylation sites (tertiary alicyclic amines) is 1. The molecule has 1 saturated heterocycles. The maximum absolute atomic E-state index is 13.1. The molecule has 0 saturated carbocycles. The van der Waals surface area contributed by atoms with Crippen LogP contribution in [0.25, 0.3) is 0 Å². The number of hydrogen-bond acceptors (Lipinski definition) is 3. The van der Waals surface area contributed by atoms with Crippen LogP contribution in [0.1, 0.15) is 30.1 Å². The molecule has 1 aliphatic heterocycles. The second kappa shape index (κ2) is 5.56. The summed E-state index contributed by atoms with van der Waals surface area (Å²) < 4.78 is 63.4. The van der Waals surface area contributed by atoms with Crippen molar-refractivity contribution in [2.45, 2.75) is 31.0 Å². The number of aromatic nitrogens is 1. The third-order valence-corrected chi connectivity index (χ3v) is 3.41. The summed E-state index contributed by atoms with van der Waals surface area (Å²) in [6.45, 7) is 0.0402. The van der Waals surface area contributed by atoms with E-state index in [9.17, 15) is 22.0 Å². The van der Waals surface area contributed by atoms with Crippen molar-refractivity contribution < 1.29 is 22.0 Å². The minimum Gasteiger partial charge on any atom is -0.284 e. The fraction of sp³-hybridized carbons (Fsp3) is 0.538. The second-order valence-electron chi connectivity index (χ2n) is 4.90. The largest absolute Gasteiger partial charge is 0.433 e. The number of hydrogen-bond donors (Lipinski definition) is 0. The molecule has 0 amide bonds. The summed E-state index contributed by atoms with van der Waals surface area (Å²) >= 11 is 0. The van der Waals surface area contributed by atoms with Crippen LogP contribution < -0.4 is 0 Å². The normalized spacial score (nSPS) is 20.8. The maximum Gasteiger partial charge on any atom is 0.433 e. The van der Waals surface area contributed by atoms with Crippen LogP contribution in [0.15, 0.2) is 18.3 Å². The fourth-order valence-corrected chi connectivity index (χ4v) is 2.21. The van der Waals surface area contributed by atoms with Crippen molar-refractivity contribution in [2.24, 2.45) is 0 Å². The topological polar surface area (TPSA) is 39.9 Å². The first-order valence-corrected chi connectivity index (χ1v) is 6.27. The fourth-order valence-electron chi connectivity index (χ4n) is 2.21. The van der Waals surface area contributed by atoms with Gasteiger partial charge in [0.15, 0.2) is 0 Å². The van der Waals surface area contributed by atoms with Crippen molar-refractivity contribution in [3.8, 4) is 6.07 Å². The molecule has 2 rings (SSSR count). The highest BCUT2D eigenvalue weighted by atomic mass is 19.4. The Labute approximate surface area is 118 Å². The Hall–Kier alpha value is -1.75. The number of nitrogens with zero attached hydrogens (tertiary/aromatic N) is 3. The van der Waals surface area contributed by atoms with Crippen molar-refractivity contribution in [1.82, 2.24) is 9.88 Å². The van der Waals surface area contributed by atoms with Gasteiger partial charge in [0, 0.05) is 37.7 Å². The molecule has 0 spiro atoms. The third kappa shape index (κ3) is 3.67. The number of pyridine rings is 1. The lowest BCUT2D eigenvalue weighted by atomic mass is 10.0. The van der Waals surface area contributed by atoms with Crippen LogP contribution in [0, 0.1) is 11.3 Å². The molecule has 0 aromatic carbocycles. The Kier molecular flexibility index (Phi) is 4.14. The molecule has 1 unspecified atom stereocenters. The summed E-state index contributed by atoms with van der Waals surface area (Å²) in [5.41, 5.74) is -0.774. The lowest BCUT2D eigenvalue weighted by Crippen LogP contribution is -2.41. The van der Waals surface area contributed by atoms with Crippen LogP contribution in [0.4, 0.5) is 22.0 Å². The van der Waals surface area contributed by atoms with Gasteiger partial charge in [-0.05, 0) is 6.07 Å². The van der Waals surface area contributed by atoms with Gasteiger partial charge in [0.1, 0.15) is 11.7 Å². The monoisotopic (exact) mass is 305 g/mol. The third-order valence-electron chi connectivity index (χ3n) is 3.41. The van der Waals surface area contributed by atoms with E-state index in [1.54, 1.807) is 0 Å². The highest BCUT2D eigenvalue weighted by Gasteiger charge is 2.37. The van der Waals surface area contributed by atoms with Crippen LogP contribution in [0.3, 0.4) is 0 Å². The predicted octanol–water partition coefficient (Wildman–Crippen LogP) is 3.40. The molecule has 1 aliphatic rings.